The van der Waals surface area contributed by atoms with Gasteiger partial charge in [0.1, 0.15) is 0 Å². The van der Waals surface area contributed by atoms with E-state index >= 15 is 0 Å². The van der Waals surface area contributed by atoms with Crippen molar-refractivity contribution in [2.45, 2.75) is 25.8 Å². The molecule has 0 unspecified atom stereocenters. The Hall–Kier alpha value is -0.800. The molecule has 0 radical (unpaired) electrons. The van der Waals surface area contributed by atoms with E-state index in [4.69, 9.17) is 23.8 Å². The van der Waals surface area contributed by atoms with E-state index in [1.54, 1.807) is 0 Å². The van der Waals surface area contributed by atoms with Gasteiger partial charge in [-0.3, -0.25) is 0 Å². The molecule has 16 heavy (non-hydrogen) atoms. The first-order valence-electron chi connectivity index (χ1n) is 5.62. The lowest BCUT2D eigenvalue weighted by Gasteiger charge is -2.25. The van der Waals surface area contributed by atoms with Gasteiger partial charge in [0, 0.05) is 11.6 Å². The molecule has 4 heteroatoms. The zero-order valence-corrected chi connectivity index (χ0v) is 10.4. The van der Waals surface area contributed by atoms with Crippen molar-refractivity contribution < 1.29 is 0 Å². The first-order chi connectivity index (χ1) is 7.74. The second-order valence-electron chi connectivity index (χ2n) is 4.50. The molecule has 1 heterocycles. The minimum Gasteiger partial charge on any atom is -0.331 e. The molecule has 1 aromatic heterocycles. The summed E-state index contributed by atoms with van der Waals surface area (Å²) in [5, 5.41) is 0.750. The van der Waals surface area contributed by atoms with Gasteiger partial charge in [0.05, 0.1) is 11.0 Å². The van der Waals surface area contributed by atoms with Crippen molar-refractivity contribution in [1.82, 2.24) is 9.55 Å². The third kappa shape index (κ3) is 1.68. The van der Waals surface area contributed by atoms with Crippen LogP contribution >= 0.6 is 23.8 Å². The van der Waals surface area contributed by atoms with Gasteiger partial charge in [-0.1, -0.05) is 18.0 Å². The third-order valence-electron chi connectivity index (χ3n) is 3.40. The van der Waals surface area contributed by atoms with Crippen LogP contribution in [0.3, 0.4) is 0 Å². The van der Waals surface area contributed by atoms with Crippen LogP contribution in [0.4, 0.5) is 0 Å². The number of aromatic nitrogens is 2. The molecule has 1 aliphatic rings. The van der Waals surface area contributed by atoms with E-state index in [0.29, 0.717) is 0 Å². The number of halogens is 1. The number of fused-ring (bicyclic) bond motifs is 1. The Bertz CT molecular complexity index is 580. The number of H-pyrrole nitrogens is 1. The largest absolute Gasteiger partial charge is 0.331 e. The lowest BCUT2D eigenvalue weighted by Crippen LogP contribution is -2.17. The summed E-state index contributed by atoms with van der Waals surface area (Å²) in [6.07, 6.45) is 4.04. The number of imidazole rings is 1. The van der Waals surface area contributed by atoms with Gasteiger partial charge in [0.2, 0.25) is 0 Å². The summed E-state index contributed by atoms with van der Waals surface area (Å²) in [6, 6.07) is 5.90. The van der Waals surface area contributed by atoms with Gasteiger partial charge < -0.3 is 9.55 Å². The molecule has 0 atom stereocenters. The van der Waals surface area contributed by atoms with Crippen molar-refractivity contribution >= 4 is 34.9 Å². The van der Waals surface area contributed by atoms with Crippen LogP contribution in [0.1, 0.15) is 19.3 Å². The summed E-state index contributed by atoms with van der Waals surface area (Å²) >= 11 is 11.3. The monoisotopic (exact) mass is 252 g/mol. The molecule has 0 saturated heterocycles. The normalized spacial score (nSPS) is 16.6. The SMILES string of the molecule is S=c1[nH]c2cc(Cl)ccc2n1CC1CCC1. The van der Waals surface area contributed by atoms with Gasteiger partial charge in [-0.2, -0.15) is 0 Å². The van der Waals surface area contributed by atoms with Crippen molar-refractivity contribution in [2.24, 2.45) is 5.92 Å². The standard InChI is InChI=1S/C12H13ClN2S/c13-9-4-5-11-10(6-9)14-12(16)15(11)7-8-2-1-3-8/h4-6,8H,1-3,7H2,(H,14,16). The van der Waals surface area contributed by atoms with Crippen LogP contribution in [0.25, 0.3) is 11.0 Å². The Morgan fingerprint density at radius 1 is 1.44 bits per heavy atom. The molecule has 1 aliphatic carbocycles. The average Bonchev–Trinajstić information content (AvgIpc) is 2.47. The van der Waals surface area contributed by atoms with Gasteiger partial charge in [0.15, 0.2) is 4.77 Å². The van der Waals surface area contributed by atoms with E-state index in [-0.39, 0.29) is 0 Å². The number of benzene rings is 1. The van der Waals surface area contributed by atoms with Crippen molar-refractivity contribution in [2.75, 3.05) is 0 Å². The van der Waals surface area contributed by atoms with Gasteiger partial charge in [-0.05, 0) is 49.2 Å². The third-order valence-corrected chi connectivity index (χ3v) is 3.96. The summed E-state index contributed by atoms with van der Waals surface area (Å²) in [5.74, 6) is 0.807. The minimum absolute atomic E-state index is 0.750. The fourth-order valence-corrected chi connectivity index (χ4v) is 2.71. The lowest BCUT2D eigenvalue weighted by atomic mass is 9.85. The summed E-state index contributed by atoms with van der Waals surface area (Å²) in [4.78, 5) is 3.21. The molecule has 0 bridgehead atoms. The number of rotatable bonds is 2. The Labute approximate surface area is 104 Å². The van der Waals surface area contributed by atoms with Crippen molar-refractivity contribution in [3.05, 3.63) is 28.0 Å². The van der Waals surface area contributed by atoms with Crippen LogP contribution in [-0.4, -0.2) is 9.55 Å². The van der Waals surface area contributed by atoms with Gasteiger partial charge in [-0.15, -0.1) is 0 Å². The van der Waals surface area contributed by atoms with Gasteiger partial charge >= 0.3 is 0 Å². The van der Waals surface area contributed by atoms with E-state index in [1.165, 1.54) is 24.8 Å². The molecule has 2 nitrogen and oxygen atoms in total. The highest BCUT2D eigenvalue weighted by Gasteiger charge is 2.19. The average molecular weight is 253 g/mol. The molecule has 2 aromatic rings. The number of nitrogens with zero attached hydrogens (tertiary/aromatic N) is 1. The van der Waals surface area contributed by atoms with Crippen molar-refractivity contribution in [1.29, 1.82) is 0 Å². The highest BCUT2D eigenvalue weighted by Crippen LogP contribution is 2.29. The van der Waals surface area contributed by atoms with Crippen LogP contribution in [-0.2, 0) is 6.54 Å². The maximum Gasteiger partial charge on any atom is 0.178 e. The molecule has 1 saturated carbocycles. The number of hydrogen-bond donors (Lipinski definition) is 1. The first-order valence-corrected chi connectivity index (χ1v) is 6.41. The Morgan fingerprint density at radius 2 is 2.25 bits per heavy atom. The molecule has 0 amide bonds. The highest BCUT2D eigenvalue weighted by atomic mass is 35.5. The van der Waals surface area contributed by atoms with E-state index in [9.17, 15) is 0 Å². The Morgan fingerprint density at radius 3 is 2.94 bits per heavy atom. The molecule has 1 fully saturated rings. The van der Waals surface area contributed by atoms with Crippen LogP contribution in [0.15, 0.2) is 18.2 Å². The zero-order valence-electron chi connectivity index (χ0n) is 8.87. The molecule has 84 valence electrons. The predicted molar refractivity (Wildman–Crippen MR) is 69.5 cm³/mol. The fraction of sp³-hybridized carbons (Fsp3) is 0.417. The van der Waals surface area contributed by atoms with Crippen LogP contribution in [0.2, 0.25) is 5.02 Å². The van der Waals surface area contributed by atoms with Crippen LogP contribution < -0.4 is 0 Å². The molecule has 1 aromatic carbocycles. The topological polar surface area (TPSA) is 20.7 Å². The summed E-state index contributed by atoms with van der Waals surface area (Å²) in [7, 11) is 0. The Balaban J connectivity index is 2.08. The minimum atomic E-state index is 0.750. The molecule has 1 N–H and O–H groups in total. The smallest absolute Gasteiger partial charge is 0.178 e. The molecular formula is C12H13ClN2S. The first kappa shape index (κ1) is 10.4. The molecule has 0 spiro atoms. The summed E-state index contributed by atoms with van der Waals surface area (Å²) in [5.41, 5.74) is 2.21. The number of nitrogens with one attached hydrogen (secondary N) is 1. The number of aromatic amines is 1. The summed E-state index contributed by atoms with van der Waals surface area (Å²) in [6.45, 7) is 1.04. The van der Waals surface area contributed by atoms with E-state index in [2.05, 4.69) is 9.55 Å². The van der Waals surface area contributed by atoms with E-state index in [1.807, 2.05) is 18.2 Å². The predicted octanol–water partition coefficient (Wildman–Crippen LogP) is 4.15. The molecular weight excluding hydrogens is 240 g/mol. The second-order valence-corrected chi connectivity index (χ2v) is 5.32. The van der Waals surface area contributed by atoms with Crippen molar-refractivity contribution in [3.8, 4) is 0 Å². The highest BCUT2D eigenvalue weighted by molar-refractivity contribution is 7.71. The maximum absolute atomic E-state index is 5.96. The second kappa shape index (κ2) is 3.90. The summed E-state index contributed by atoms with van der Waals surface area (Å²) < 4.78 is 3.01. The Kier molecular flexibility index (Phi) is 2.52. The van der Waals surface area contributed by atoms with E-state index in [0.717, 1.165) is 27.8 Å². The van der Waals surface area contributed by atoms with Crippen LogP contribution in [0, 0.1) is 10.7 Å². The lowest BCUT2D eigenvalue weighted by molar-refractivity contribution is 0.278. The zero-order chi connectivity index (χ0) is 11.1. The fourth-order valence-electron chi connectivity index (χ4n) is 2.25. The van der Waals surface area contributed by atoms with Gasteiger partial charge in [0.25, 0.3) is 0 Å². The molecule has 0 aliphatic heterocycles. The number of hydrogen-bond acceptors (Lipinski definition) is 1. The molecule has 3 rings (SSSR count). The van der Waals surface area contributed by atoms with Crippen LogP contribution in [0.5, 0.6) is 0 Å². The quantitative estimate of drug-likeness (QED) is 0.797. The van der Waals surface area contributed by atoms with E-state index < -0.39 is 0 Å². The maximum atomic E-state index is 5.96. The van der Waals surface area contributed by atoms with Crippen molar-refractivity contribution in [3.63, 3.8) is 0 Å². The van der Waals surface area contributed by atoms with Gasteiger partial charge in [-0.25, -0.2) is 0 Å².